The van der Waals surface area contributed by atoms with E-state index in [-0.39, 0.29) is 11.1 Å². The van der Waals surface area contributed by atoms with Crippen molar-refractivity contribution in [2.45, 2.75) is 43.1 Å². The number of nitrogens with zero attached hydrogens (tertiary/aromatic N) is 1. The highest BCUT2D eigenvalue weighted by Gasteiger charge is 2.48. The van der Waals surface area contributed by atoms with Gasteiger partial charge in [-0.2, -0.15) is 0 Å². The molecular weight excluding hydrogens is 294 g/mol. The van der Waals surface area contributed by atoms with Crippen LogP contribution in [0.5, 0.6) is 0 Å². The second kappa shape index (κ2) is 5.23. The van der Waals surface area contributed by atoms with Crippen molar-refractivity contribution in [3.05, 3.63) is 21.3 Å². The van der Waals surface area contributed by atoms with E-state index in [0.29, 0.717) is 0 Å². The van der Waals surface area contributed by atoms with Gasteiger partial charge in [-0.25, -0.2) is 0 Å². The summed E-state index contributed by atoms with van der Waals surface area (Å²) in [6, 6.07) is 4.16. The molecule has 3 N–H and O–H groups in total. The quantitative estimate of drug-likeness (QED) is 0.780. The molecule has 0 amide bonds. The SMILES string of the molecule is CN(C)[C@]1(c2ccc(Cl)s2)CC[C@]2(CC1)CNC(O)N2. The van der Waals surface area contributed by atoms with Gasteiger partial charge >= 0.3 is 0 Å². The summed E-state index contributed by atoms with van der Waals surface area (Å²) < 4.78 is 0.859. The molecule has 112 valence electrons. The fraction of sp³-hybridized carbons (Fsp3) is 0.714. The molecule has 2 aliphatic rings. The topological polar surface area (TPSA) is 47.5 Å². The van der Waals surface area contributed by atoms with Crippen LogP contribution in [0.1, 0.15) is 30.6 Å². The van der Waals surface area contributed by atoms with Crippen molar-refractivity contribution >= 4 is 22.9 Å². The van der Waals surface area contributed by atoms with Crippen molar-refractivity contribution < 1.29 is 5.11 Å². The van der Waals surface area contributed by atoms with Gasteiger partial charge in [-0.1, -0.05) is 11.6 Å². The molecule has 2 fully saturated rings. The molecule has 3 rings (SSSR count). The average Bonchev–Trinajstić information content (AvgIpc) is 2.98. The Morgan fingerprint density at radius 2 is 2.00 bits per heavy atom. The van der Waals surface area contributed by atoms with E-state index in [9.17, 15) is 5.11 Å². The molecule has 0 radical (unpaired) electrons. The van der Waals surface area contributed by atoms with Gasteiger partial charge in [0.1, 0.15) is 0 Å². The monoisotopic (exact) mass is 315 g/mol. The van der Waals surface area contributed by atoms with Crippen LogP contribution in [-0.2, 0) is 5.54 Å². The summed E-state index contributed by atoms with van der Waals surface area (Å²) in [6.45, 7) is 0.850. The van der Waals surface area contributed by atoms with Gasteiger partial charge in [0, 0.05) is 17.0 Å². The third kappa shape index (κ3) is 2.40. The first-order valence-electron chi connectivity index (χ1n) is 7.08. The lowest BCUT2D eigenvalue weighted by Crippen LogP contribution is -2.54. The maximum absolute atomic E-state index is 9.66. The molecule has 1 aliphatic carbocycles. The maximum Gasteiger partial charge on any atom is 0.161 e. The molecular formula is C14H22ClN3OS. The molecule has 1 saturated carbocycles. The van der Waals surface area contributed by atoms with Crippen LogP contribution in [0, 0.1) is 0 Å². The molecule has 20 heavy (non-hydrogen) atoms. The number of thiophene rings is 1. The normalized spacial score (nSPS) is 38.0. The van der Waals surface area contributed by atoms with E-state index in [4.69, 9.17) is 11.6 Å². The predicted octanol–water partition coefficient (Wildman–Crippen LogP) is 1.94. The molecule has 2 heterocycles. The molecule has 6 heteroatoms. The first-order valence-corrected chi connectivity index (χ1v) is 8.28. The van der Waals surface area contributed by atoms with Crippen LogP contribution in [0.4, 0.5) is 0 Å². The minimum Gasteiger partial charge on any atom is -0.365 e. The molecule has 0 bridgehead atoms. The summed E-state index contributed by atoms with van der Waals surface area (Å²) in [5, 5.41) is 16.1. The maximum atomic E-state index is 9.66. The Morgan fingerprint density at radius 1 is 1.30 bits per heavy atom. The molecule has 1 spiro atoms. The van der Waals surface area contributed by atoms with Crippen molar-refractivity contribution in [1.82, 2.24) is 15.5 Å². The molecule has 1 aliphatic heterocycles. The number of halogens is 1. The zero-order valence-corrected chi connectivity index (χ0v) is 13.5. The van der Waals surface area contributed by atoms with Crippen molar-refractivity contribution in [1.29, 1.82) is 0 Å². The Bertz CT molecular complexity index is 483. The van der Waals surface area contributed by atoms with E-state index in [1.165, 1.54) is 4.88 Å². The van der Waals surface area contributed by atoms with Crippen LogP contribution in [0.15, 0.2) is 12.1 Å². The summed E-state index contributed by atoms with van der Waals surface area (Å²) >= 11 is 7.82. The summed E-state index contributed by atoms with van der Waals surface area (Å²) in [7, 11) is 4.31. The van der Waals surface area contributed by atoms with Crippen LogP contribution >= 0.6 is 22.9 Å². The minimum absolute atomic E-state index is 0.0555. The summed E-state index contributed by atoms with van der Waals surface area (Å²) in [4.78, 5) is 3.69. The van der Waals surface area contributed by atoms with Crippen LogP contribution in [-0.4, -0.2) is 42.5 Å². The molecule has 1 unspecified atom stereocenters. The molecule has 0 aromatic carbocycles. The van der Waals surface area contributed by atoms with Crippen molar-refractivity contribution in [2.24, 2.45) is 0 Å². The van der Waals surface area contributed by atoms with Gasteiger partial charge in [-0.3, -0.25) is 15.5 Å². The van der Waals surface area contributed by atoms with E-state index in [2.05, 4.69) is 35.7 Å². The van der Waals surface area contributed by atoms with Crippen molar-refractivity contribution in [3.8, 4) is 0 Å². The first kappa shape index (κ1) is 14.8. The number of rotatable bonds is 2. The Morgan fingerprint density at radius 3 is 2.45 bits per heavy atom. The number of hydrogen-bond acceptors (Lipinski definition) is 5. The van der Waals surface area contributed by atoms with E-state index in [0.717, 1.165) is 36.6 Å². The van der Waals surface area contributed by atoms with Gasteiger partial charge < -0.3 is 5.11 Å². The van der Waals surface area contributed by atoms with Crippen molar-refractivity contribution in [2.75, 3.05) is 20.6 Å². The zero-order valence-electron chi connectivity index (χ0n) is 11.9. The van der Waals surface area contributed by atoms with Crippen LogP contribution in [0.2, 0.25) is 4.34 Å². The summed E-state index contributed by atoms with van der Waals surface area (Å²) in [5.74, 6) is 0. The molecule has 1 saturated heterocycles. The van der Waals surface area contributed by atoms with Gasteiger partial charge in [0.25, 0.3) is 0 Å². The smallest absolute Gasteiger partial charge is 0.161 e. The van der Waals surface area contributed by atoms with Crippen LogP contribution in [0.3, 0.4) is 0 Å². The Labute approximate surface area is 129 Å². The van der Waals surface area contributed by atoms with Gasteiger partial charge in [-0.05, 0) is 51.9 Å². The Kier molecular flexibility index (Phi) is 3.86. The lowest BCUT2D eigenvalue weighted by Gasteiger charge is -2.48. The first-order chi connectivity index (χ1) is 9.46. The highest BCUT2D eigenvalue weighted by Crippen LogP contribution is 2.47. The molecule has 1 aromatic rings. The fourth-order valence-electron chi connectivity index (χ4n) is 3.63. The second-order valence-corrected chi connectivity index (χ2v) is 7.95. The van der Waals surface area contributed by atoms with Gasteiger partial charge in [0.05, 0.1) is 9.88 Å². The largest absolute Gasteiger partial charge is 0.365 e. The predicted molar refractivity (Wildman–Crippen MR) is 83.0 cm³/mol. The highest BCUT2D eigenvalue weighted by atomic mass is 35.5. The standard InChI is InChI=1S/C14H22ClN3OS/c1-18(2)14(10-3-4-11(15)20-10)7-5-13(6-8-14)9-16-12(19)17-13/h3-4,12,16-17,19H,5-9H2,1-2H3/t12?,13-,14+. The van der Waals surface area contributed by atoms with E-state index in [1.54, 1.807) is 11.3 Å². The van der Waals surface area contributed by atoms with Gasteiger partial charge in [-0.15, -0.1) is 11.3 Å². The highest BCUT2D eigenvalue weighted by molar-refractivity contribution is 7.16. The lowest BCUT2D eigenvalue weighted by atomic mass is 9.71. The van der Waals surface area contributed by atoms with E-state index in [1.807, 2.05) is 6.07 Å². The minimum atomic E-state index is -0.557. The second-order valence-electron chi connectivity index (χ2n) is 6.24. The fourth-order valence-corrected chi connectivity index (χ4v) is 5.00. The number of hydrogen-bond donors (Lipinski definition) is 3. The lowest BCUT2D eigenvalue weighted by molar-refractivity contribution is 0.0527. The van der Waals surface area contributed by atoms with Gasteiger partial charge in [0.2, 0.25) is 0 Å². The van der Waals surface area contributed by atoms with E-state index >= 15 is 0 Å². The average molecular weight is 316 g/mol. The number of nitrogens with one attached hydrogen (secondary N) is 2. The number of aliphatic hydroxyl groups excluding tert-OH is 1. The molecule has 1 atom stereocenters. The van der Waals surface area contributed by atoms with Crippen molar-refractivity contribution in [3.63, 3.8) is 0 Å². The molecule has 4 nitrogen and oxygen atoms in total. The zero-order chi connectivity index (χ0) is 14.4. The van der Waals surface area contributed by atoms with Gasteiger partial charge in [0.15, 0.2) is 6.35 Å². The Balaban J connectivity index is 1.82. The summed E-state index contributed by atoms with van der Waals surface area (Å²) in [5.41, 5.74) is 0.137. The third-order valence-electron chi connectivity index (χ3n) is 5.00. The Hall–Kier alpha value is -0.170. The van der Waals surface area contributed by atoms with E-state index < -0.39 is 6.35 Å². The number of aliphatic hydroxyl groups is 1. The molecule has 1 aromatic heterocycles. The summed E-state index contributed by atoms with van der Waals surface area (Å²) in [6.07, 6.45) is 3.73. The van der Waals surface area contributed by atoms with Crippen LogP contribution < -0.4 is 10.6 Å². The third-order valence-corrected chi connectivity index (χ3v) is 6.42. The van der Waals surface area contributed by atoms with Crippen LogP contribution in [0.25, 0.3) is 0 Å².